The number of methoxy groups -OCH3 is 1. The van der Waals surface area contributed by atoms with Crippen LogP contribution >= 0.6 is 11.3 Å². The second-order valence-corrected chi connectivity index (χ2v) is 7.54. The van der Waals surface area contributed by atoms with Crippen LogP contribution in [0, 0.1) is 6.92 Å². The van der Waals surface area contributed by atoms with Crippen molar-refractivity contribution in [3.63, 3.8) is 0 Å². The zero-order valence-electron chi connectivity index (χ0n) is 15.5. The molecule has 0 aromatic carbocycles. The normalized spacial score (nSPS) is 14.8. The molecule has 1 fully saturated rings. The average molecular weight is 378 g/mol. The summed E-state index contributed by atoms with van der Waals surface area (Å²) >= 11 is 1.43. The Hall–Kier alpha value is -1.77. The Morgan fingerprint density at radius 2 is 2.12 bits per heavy atom. The summed E-state index contributed by atoms with van der Waals surface area (Å²) in [5, 5.41) is 7.33. The van der Waals surface area contributed by atoms with Crippen LogP contribution < -0.4 is 10.6 Å². The van der Waals surface area contributed by atoms with Crippen LogP contribution in [0.15, 0.2) is 6.33 Å². The number of ether oxygens (including phenoxy) is 1. The first kappa shape index (κ1) is 19.0. The maximum absolute atomic E-state index is 12.6. The maximum atomic E-state index is 12.6. The molecule has 0 saturated carbocycles. The van der Waals surface area contributed by atoms with Gasteiger partial charge >= 0.3 is 0 Å². The number of carbonyl (C=O) groups is 1. The van der Waals surface area contributed by atoms with Crippen molar-refractivity contribution in [2.45, 2.75) is 26.2 Å². The number of thiophene rings is 1. The van der Waals surface area contributed by atoms with E-state index in [0.717, 1.165) is 59.1 Å². The van der Waals surface area contributed by atoms with Gasteiger partial charge in [0.05, 0.1) is 10.3 Å². The number of carbonyl (C=O) groups excluding carboxylic acids is 1. The first-order valence-electron chi connectivity index (χ1n) is 9.18. The van der Waals surface area contributed by atoms with E-state index < -0.39 is 0 Å². The van der Waals surface area contributed by atoms with E-state index in [1.54, 1.807) is 13.4 Å². The molecule has 7 nitrogen and oxygen atoms in total. The highest BCUT2D eigenvalue weighted by Crippen LogP contribution is 2.33. The molecule has 8 heteroatoms. The van der Waals surface area contributed by atoms with Crippen LogP contribution in [0.4, 0.5) is 5.82 Å². The number of aromatic nitrogens is 2. The fourth-order valence-electron chi connectivity index (χ4n) is 3.26. The molecular weight excluding hydrogens is 350 g/mol. The van der Waals surface area contributed by atoms with Crippen LogP contribution in [0.3, 0.4) is 0 Å². The Kier molecular flexibility index (Phi) is 6.76. The Balaban J connectivity index is 1.66. The number of aryl methyl sites for hydroxylation is 1. The number of fused-ring (bicyclic) bond motifs is 1. The minimum atomic E-state index is -0.0185. The molecule has 0 unspecified atom stereocenters. The van der Waals surface area contributed by atoms with Gasteiger partial charge in [-0.05, 0) is 44.8 Å². The number of nitrogens with one attached hydrogen (secondary N) is 2. The molecule has 3 rings (SSSR count). The number of nitrogens with zero attached hydrogens (tertiary/aromatic N) is 3. The molecule has 0 aliphatic carbocycles. The van der Waals surface area contributed by atoms with Gasteiger partial charge < -0.3 is 20.3 Å². The summed E-state index contributed by atoms with van der Waals surface area (Å²) in [4.78, 5) is 25.3. The van der Waals surface area contributed by atoms with Crippen molar-refractivity contribution in [1.82, 2.24) is 20.2 Å². The summed E-state index contributed by atoms with van der Waals surface area (Å²) < 4.78 is 5.07. The predicted molar refractivity (Wildman–Crippen MR) is 105 cm³/mol. The molecule has 0 atom stereocenters. The van der Waals surface area contributed by atoms with E-state index in [1.807, 2.05) is 6.92 Å². The summed E-state index contributed by atoms with van der Waals surface area (Å²) in [6, 6.07) is 0. The Morgan fingerprint density at radius 3 is 2.88 bits per heavy atom. The second kappa shape index (κ2) is 9.25. The molecule has 0 radical (unpaired) electrons. The van der Waals surface area contributed by atoms with Crippen LogP contribution in [0.1, 0.15) is 34.5 Å². The Morgan fingerprint density at radius 1 is 1.31 bits per heavy atom. The van der Waals surface area contributed by atoms with Gasteiger partial charge in [0, 0.05) is 33.4 Å². The second-order valence-electron chi connectivity index (χ2n) is 6.54. The van der Waals surface area contributed by atoms with Crippen molar-refractivity contribution < 1.29 is 9.53 Å². The van der Waals surface area contributed by atoms with Gasteiger partial charge in [0.2, 0.25) is 0 Å². The van der Waals surface area contributed by atoms with E-state index in [9.17, 15) is 4.79 Å². The third kappa shape index (κ3) is 4.49. The first-order valence-corrected chi connectivity index (χ1v) is 10.00. The number of rotatable bonds is 9. The smallest absolute Gasteiger partial charge is 0.261 e. The summed E-state index contributed by atoms with van der Waals surface area (Å²) in [7, 11) is 1.69. The standard InChI is InChI=1S/C18H27N5O2S/c1-13-14-16(19-6-5-11-25-2)21-12-22-18(14)26-15(13)17(24)20-7-10-23-8-3-4-9-23/h12H,3-11H2,1-2H3,(H,20,24)(H,19,21,22). The summed E-state index contributed by atoms with van der Waals surface area (Å²) in [6.45, 7) is 7.33. The van der Waals surface area contributed by atoms with Crippen LogP contribution in [0.2, 0.25) is 0 Å². The van der Waals surface area contributed by atoms with E-state index in [-0.39, 0.29) is 5.91 Å². The fraction of sp³-hybridized carbons (Fsp3) is 0.611. The van der Waals surface area contributed by atoms with Crippen LogP contribution in [0.25, 0.3) is 10.2 Å². The lowest BCUT2D eigenvalue weighted by atomic mass is 10.2. The van der Waals surface area contributed by atoms with Gasteiger partial charge in [-0.1, -0.05) is 0 Å². The van der Waals surface area contributed by atoms with Crippen LogP contribution in [0.5, 0.6) is 0 Å². The molecule has 1 amide bonds. The first-order chi connectivity index (χ1) is 12.7. The van der Waals surface area contributed by atoms with Crippen LogP contribution in [-0.2, 0) is 4.74 Å². The van der Waals surface area contributed by atoms with Crippen molar-refractivity contribution in [3.05, 3.63) is 16.8 Å². The third-order valence-corrected chi connectivity index (χ3v) is 5.86. The minimum absolute atomic E-state index is 0.0185. The van der Waals surface area contributed by atoms with Gasteiger partial charge in [-0.25, -0.2) is 9.97 Å². The van der Waals surface area contributed by atoms with E-state index in [4.69, 9.17) is 4.74 Å². The molecule has 0 spiro atoms. The summed E-state index contributed by atoms with van der Waals surface area (Å²) in [6.07, 6.45) is 4.98. The molecule has 26 heavy (non-hydrogen) atoms. The van der Waals surface area contributed by atoms with E-state index in [1.165, 1.54) is 24.2 Å². The summed E-state index contributed by atoms with van der Waals surface area (Å²) in [5.41, 5.74) is 0.943. The molecule has 1 saturated heterocycles. The monoisotopic (exact) mass is 377 g/mol. The number of hydrogen-bond acceptors (Lipinski definition) is 7. The molecule has 142 valence electrons. The largest absolute Gasteiger partial charge is 0.385 e. The van der Waals surface area contributed by atoms with Crippen molar-refractivity contribution in [3.8, 4) is 0 Å². The molecular formula is C18H27N5O2S. The quantitative estimate of drug-likeness (QED) is 0.653. The zero-order chi connectivity index (χ0) is 18.4. The average Bonchev–Trinajstić information content (AvgIpc) is 3.27. The van der Waals surface area contributed by atoms with Crippen molar-refractivity contribution in [2.75, 3.05) is 51.8 Å². The summed E-state index contributed by atoms with van der Waals surface area (Å²) in [5.74, 6) is 0.769. The molecule has 1 aliphatic rings. The number of amides is 1. The molecule has 1 aliphatic heterocycles. The Labute approximate surface area is 158 Å². The van der Waals surface area contributed by atoms with Gasteiger partial charge in [0.1, 0.15) is 17.0 Å². The lowest BCUT2D eigenvalue weighted by molar-refractivity contribution is 0.0953. The molecule has 0 bridgehead atoms. The maximum Gasteiger partial charge on any atom is 0.261 e. The van der Waals surface area contributed by atoms with Gasteiger partial charge in [-0.3, -0.25) is 4.79 Å². The number of hydrogen-bond donors (Lipinski definition) is 2. The number of likely N-dealkylation sites (tertiary alicyclic amines) is 1. The van der Waals surface area contributed by atoms with E-state index >= 15 is 0 Å². The third-order valence-electron chi connectivity index (χ3n) is 4.66. The van der Waals surface area contributed by atoms with E-state index in [0.29, 0.717) is 13.2 Å². The van der Waals surface area contributed by atoms with Gasteiger partial charge in [-0.2, -0.15) is 0 Å². The van der Waals surface area contributed by atoms with E-state index in [2.05, 4.69) is 25.5 Å². The van der Waals surface area contributed by atoms with Gasteiger partial charge in [0.25, 0.3) is 5.91 Å². The highest BCUT2D eigenvalue weighted by atomic mass is 32.1. The van der Waals surface area contributed by atoms with Crippen molar-refractivity contribution in [1.29, 1.82) is 0 Å². The topological polar surface area (TPSA) is 79.4 Å². The van der Waals surface area contributed by atoms with Crippen molar-refractivity contribution >= 4 is 33.3 Å². The lowest BCUT2D eigenvalue weighted by Gasteiger charge is -2.14. The van der Waals surface area contributed by atoms with Gasteiger partial charge in [0.15, 0.2) is 0 Å². The molecule has 2 aromatic heterocycles. The minimum Gasteiger partial charge on any atom is -0.385 e. The molecule has 3 heterocycles. The lowest BCUT2D eigenvalue weighted by Crippen LogP contribution is -2.33. The van der Waals surface area contributed by atoms with Crippen molar-refractivity contribution in [2.24, 2.45) is 0 Å². The fourth-order valence-corrected chi connectivity index (χ4v) is 4.32. The SMILES string of the molecule is COCCCNc1ncnc2sc(C(=O)NCCN3CCCC3)c(C)c12. The molecule has 2 N–H and O–H groups in total. The van der Waals surface area contributed by atoms with Crippen LogP contribution in [-0.4, -0.2) is 67.2 Å². The predicted octanol–water partition coefficient (Wildman–Crippen LogP) is 2.27. The zero-order valence-corrected chi connectivity index (χ0v) is 16.3. The molecule has 2 aromatic rings. The number of anilines is 1. The highest BCUT2D eigenvalue weighted by Gasteiger charge is 2.19. The van der Waals surface area contributed by atoms with Gasteiger partial charge in [-0.15, -0.1) is 11.3 Å². The Bertz CT molecular complexity index is 743. The highest BCUT2D eigenvalue weighted by molar-refractivity contribution is 7.20.